The molecule has 0 fully saturated rings. The Morgan fingerprint density at radius 3 is 2.67 bits per heavy atom. The van der Waals surface area contributed by atoms with E-state index in [0.29, 0.717) is 12.2 Å². The summed E-state index contributed by atoms with van der Waals surface area (Å²) >= 11 is 3.33. The van der Waals surface area contributed by atoms with Gasteiger partial charge in [0.05, 0.1) is 0 Å². The highest BCUT2D eigenvalue weighted by molar-refractivity contribution is 9.10. The summed E-state index contributed by atoms with van der Waals surface area (Å²) in [6.07, 6.45) is 1.95. The van der Waals surface area contributed by atoms with Gasteiger partial charge in [-0.05, 0) is 39.9 Å². The molecule has 1 aromatic heterocycles. The molecule has 0 aliphatic carbocycles. The van der Waals surface area contributed by atoms with Crippen LogP contribution in [-0.4, -0.2) is 16.9 Å². The van der Waals surface area contributed by atoms with Gasteiger partial charge < -0.3 is 11.1 Å². The SMILES string of the molecule is Cc1cc(Br)cnc1NC(=O)CC(N)C(C)(C)C. The highest BCUT2D eigenvalue weighted by atomic mass is 79.9. The molecule has 1 atom stereocenters. The Labute approximate surface area is 116 Å². The number of pyridine rings is 1. The molecule has 1 aromatic rings. The monoisotopic (exact) mass is 313 g/mol. The van der Waals surface area contributed by atoms with Crippen molar-refractivity contribution in [2.24, 2.45) is 11.1 Å². The number of nitrogens with two attached hydrogens (primary N) is 1. The first-order valence-corrected chi connectivity index (χ1v) is 6.67. The molecular weight excluding hydrogens is 294 g/mol. The zero-order valence-corrected chi connectivity index (χ0v) is 12.8. The van der Waals surface area contributed by atoms with E-state index in [9.17, 15) is 4.79 Å². The van der Waals surface area contributed by atoms with Gasteiger partial charge in [-0.3, -0.25) is 4.79 Å². The molecule has 0 aliphatic rings. The first kappa shape index (κ1) is 15.1. The summed E-state index contributed by atoms with van der Waals surface area (Å²) in [6.45, 7) is 7.97. The van der Waals surface area contributed by atoms with Crippen molar-refractivity contribution in [3.63, 3.8) is 0 Å². The van der Waals surface area contributed by atoms with E-state index in [4.69, 9.17) is 5.73 Å². The molecular formula is C13H20BrN3O. The first-order valence-electron chi connectivity index (χ1n) is 5.87. The molecule has 0 saturated heterocycles. The third-order valence-electron chi connectivity index (χ3n) is 2.82. The largest absolute Gasteiger partial charge is 0.327 e. The van der Waals surface area contributed by atoms with Gasteiger partial charge in [-0.2, -0.15) is 0 Å². The summed E-state index contributed by atoms with van der Waals surface area (Å²) in [5, 5.41) is 2.79. The van der Waals surface area contributed by atoms with Crippen LogP contribution < -0.4 is 11.1 Å². The normalized spacial score (nSPS) is 13.2. The second-order valence-corrected chi connectivity index (χ2v) is 6.46. The summed E-state index contributed by atoms with van der Waals surface area (Å²) < 4.78 is 0.893. The third kappa shape index (κ3) is 4.38. The van der Waals surface area contributed by atoms with Crippen LogP contribution in [-0.2, 0) is 4.79 Å². The molecule has 1 rings (SSSR count). The van der Waals surface area contributed by atoms with Crippen LogP contribution in [0.2, 0.25) is 0 Å². The van der Waals surface area contributed by atoms with Crippen molar-refractivity contribution in [2.45, 2.75) is 40.2 Å². The fraction of sp³-hybridized carbons (Fsp3) is 0.538. The maximum Gasteiger partial charge on any atom is 0.227 e. The lowest BCUT2D eigenvalue weighted by Crippen LogP contribution is -2.38. The van der Waals surface area contributed by atoms with Crippen molar-refractivity contribution in [3.8, 4) is 0 Å². The summed E-state index contributed by atoms with van der Waals surface area (Å²) in [7, 11) is 0. The molecule has 1 unspecified atom stereocenters. The average molecular weight is 314 g/mol. The van der Waals surface area contributed by atoms with Crippen LogP contribution in [0.1, 0.15) is 32.8 Å². The molecule has 5 heteroatoms. The number of amides is 1. The zero-order valence-electron chi connectivity index (χ0n) is 11.2. The molecule has 0 bridgehead atoms. The van der Waals surface area contributed by atoms with Crippen molar-refractivity contribution in [1.82, 2.24) is 4.98 Å². The van der Waals surface area contributed by atoms with Gasteiger partial charge in [0.1, 0.15) is 5.82 Å². The van der Waals surface area contributed by atoms with Crippen LogP contribution >= 0.6 is 15.9 Å². The number of nitrogens with zero attached hydrogens (tertiary/aromatic N) is 1. The van der Waals surface area contributed by atoms with E-state index in [1.54, 1.807) is 6.20 Å². The second-order valence-electron chi connectivity index (χ2n) is 5.54. The number of anilines is 1. The zero-order chi connectivity index (χ0) is 13.9. The van der Waals surface area contributed by atoms with Gasteiger partial charge in [-0.15, -0.1) is 0 Å². The molecule has 0 aromatic carbocycles. The Morgan fingerprint density at radius 1 is 1.56 bits per heavy atom. The fourth-order valence-corrected chi connectivity index (χ4v) is 1.81. The predicted octanol–water partition coefficient (Wildman–Crippen LogP) is 2.85. The molecule has 100 valence electrons. The number of aryl methyl sites for hydroxylation is 1. The van der Waals surface area contributed by atoms with Crippen LogP contribution in [0.25, 0.3) is 0 Å². The highest BCUT2D eigenvalue weighted by Gasteiger charge is 2.23. The number of hydrogen-bond donors (Lipinski definition) is 2. The van der Waals surface area contributed by atoms with E-state index in [0.717, 1.165) is 10.0 Å². The van der Waals surface area contributed by atoms with Crippen molar-refractivity contribution in [3.05, 3.63) is 22.3 Å². The van der Waals surface area contributed by atoms with Gasteiger partial charge in [0.15, 0.2) is 0 Å². The Morgan fingerprint density at radius 2 is 2.17 bits per heavy atom. The summed E-state index contributed by atoms with van der Waals surface area (Å²) in [6, 6.07) is 1.74. The van der Waals surface area contributed by atoms with Crippen LogP contribution in [0.4, 0.5) is 5.82 Å². The topological polar surface area (TPSA) is 68.0 Å². The van der Waals surface area contributed by atoms with E-state index in [1.807, 2.05) is 33.8 Å². The minimum atomic E-state index is -0.173. The number of carbonyl (C=O) groups is 1. The smallest absolute Gasteiger partial charge is 0.227 e. The van der Waals surface area contributed by atoms with Gasteiger partial charge in [0.2, 0.25) is 5.91 Å². The van der Waals surface area contributed by atoms with E-state index in [2.05, 4.69) is 26.2 Å². The van der Waals surface area contributed by atoms with E-state index < -0.39 is 0 Å². The van der Waals surface area contributed by atoms with Gasteiger partial charge in [-0.1, -0.05) is 20.8 Å². The van der Waals surface area contributed by atoms with Gasteiger partial charge in [-0.25, -0.2) is 4.98 Å². The van der Waals surface area contributed by atoms with E-state index in [-0.39, 0.29) is 17.4 Å². The number of rotatable bonds is 3. The number of carbonyl (C=O) groups excluding carboxylic acids is 1. The van der Waals surface area contributed by atoms with Crippen molar-refractivity contribution in [2.75, 3.05) is 5.32 Å². The fourth-order valence-electron chi connectivity index (χ4n) is 1.36. The molecule has 0 aliphatic heterocycles. The lowest BCUT2D eigenvalue weighted by Gasteiger charge is -2.26. The van der Waals surface area contributed by atoms with Gasteiger partial charge >= 0.3 is 0 Å². The van der Waals surface area contributed by atoms with Crippen LogP contribution in [0.3, 0.4) is 0 Å². The Bertz CT molecular complexity index is 440. The minimum absolute atomic E-state index is 0.0838. The highest BCUT2D eigenvalue weighted by Crippen LogP contribution is 2.21. The number of halogens is 1. The third-order valence-corrected chi connectivity index (χ3v) is 3.25. The van der Waals surface area contributed by atoms with Crippen LogP contribution in [0, 0.1) is 12.3 Å². The molecule has 0 radical (unpaired) electrons. The molecule has 18 heavy (non-hydrogen) atoms. The van der Waals surface area contributed by atoms with Crippen molar-refractivity contribution < 1.29 is 4.79 Å². The minimum Gasteiger partial charge on any atom is -0.327 e. The summed E-state index contributed by atoms with van der Waals surface area (Å²) in [5.41, 5.74) is 6.81. The quantitative estimate of drug-likeness (QED) is 0.901. The Hall–Kier alpha value is -0.940. The van der Waals surface area contributed by atoms with E-state index in [1.165, 1.54) is 0 Å². The first-order chi connectivity index (χ1) is 8.20. The Kier molecular flexibility index (Phi) is 4.87. The average Bonchev–Trinajstić information content (AvgIpc) is 2.20. The van der Waals surface area contributed by atoms with Gasteiger partial charge in [0, 0.05) is 23.1 Å². The number of aromatic nitrogens is 1. The number of nitrogens with one attached hydrogen (secondary N) is 1. The van der Waals surface area contributed by atoms with Crippen LogP contribution in [0.15, 0.2) is 16.7 Å². The predicted molar refractivity (Wildman–Crippen MR) is 77.4 cm³/mol. The molecule has 0 saturated carbocycles. The molecule has 4 nitrogen and oxygen atoms in total. The number of hydrogen-bond acceptors (Lipinski definition) is 3. The summed E-state index contributed by atoms with van der Waals surface area (Å²) in [4.78, 5) is 16.0. The molecule has 1 amide bonds. The molecule has 1 heterocycles. The van der Waals surface area contributed by atoms with Gasteiger partial charge in [0.25, 0.3) is 0 Å². The summed E-state index contributed by atoms with van der Waals surface area (Å²) in [5.74, 6) is 0.486. The molecule has 0 spiro atoms. The van der Waals surface area contributed by atoms with Crippen molar-refractivity contribution >= 4 is 27.7 Å². The Balaban J connectivity index is 2.65. The maximum atomic E-state index is 11.9. The lowest BCUT2D eigenvalue weighted by atomic mass is 9.85. The van der Waals surface area contributed by atoms with E-state index >= 15 is 0 Å². The molecule has 3 N–H and O–H groups in total. The maximum absolute atomic E-state index is 11.9. The second kappa shape index (κ2) is 5.80. The standard InChI is InChI=1S/C13H20BrN3O/c1-8-5-9(14)7-16-12(8)17-11(18)6-10(15)13(2,3)4/h5,7,10H,6,15H2,1-4H3,(H,16,17,18). The van der Waals surface area contributed by atoms with Crippen LogP contribution in [0.5, 0.6) is 0 Å². The lowest BCUT2D eigenvalue weighted by molar-refractivity contribution is -0.117. The van der Waals surface area contributed by atoms with Crippen molar-refractivity contribution in [1.29, 1.82) is 0 Å².